The molecule has 1 aromatic heterocycles. The van der Waals surface area contributed by atoms with E-state index in [2.05, 4.69) is 15.3 Å². The maximum Gasteiger partial charge on any atom is 0.336 e. The molecule has 0 fully saturated rings. The lowest BCUT2D eigenvalue weighted by atomic mass is 10.1. The van der Waals surface area contributed by atoms with Crippen LogP contribution in [0.4, 0.5) is 17.5 Å². The first-order chi connectivity index (χ1) is 13.3. The maximum atomic E-state index is 11.8. The molecule has 2 aromatic rings. The average molecular weight is 406 g/mol. The second-order valence-corrected chi connectivity index (χ2v) is 6.15. The molecule has 7 N–H and O–H groups in total. The van der Waals surface area contributed by atoms with Crippen molar-refractivity contribution >= 4 is 46.9 Å². The van der Waals surface area contributed by atoms with Crippen LogP contribution >= 0.6 is 11.6 Å². The van der Waals surface area contributed by atoms with Crippen molar-refractivity contribution in [3.63, 3.8) is 0 Å². The molecule has 0 saturated heterocycles. The van der Waals surface area contributed by atoms with Gasteiger partial charge in [-0.05, 0) is 36.6 Å². The van der Waals surface area contributed by atoms with E-state index in [4.69, 9.17) is 23.1 Å². The highest BCUT2D eigenvalue weighted by Crippen LogP contribution is 2.18. The fraction of sp³-hybridized carbons (Fsp3) is 0.222. The maximum absolute atomic E-state index is 11.8. The van der Waals surface area contributed by atoms with E-state index in [9.17, 15) is 19.5 Å². The molecule has 1 heterocycles. The number of hydrogen-bond acceptors (Lipinski definition) is 7. The number of benzene rings is 1. The number of hydrogen-bond donors (Lipinski definition) is 5. The Bertz CT molecular complexity index is 971. The molecule has 0 aliphatic carbocycles. The van der Waals surface area contributed by atoms with E-state index in [1.165, 1.54) is 18.2 Å². The van der Waals surface area contributed by atoms with Crippen LogP contribution in [0.25, 0.3) is 6.08 Å². The summed E-state index contributed by atoms with van der Waals surface area (Å²) in [5.41, 5.74) is 12.1. The van der Waals surface area contributed by atoms with Gasteiger partial charge in [-0.2, -0.15) is 4.98 Å². The zero-order chi connectivity index (χ0) is 20.7. The molecule has 0 bridgehead atoms. The summed E-state index contributed by atoms with van der Waals surface area (Å²) in [4.78, 5) is 40.8. The highest BCUT2D eigenvalue weighted by Gasteiger charge is 2.10. The molecule has 0 amide bonds. The van der Waals surface area contributed by atoms with Crippen molar-refractivity contribution in [2.45, 2.75) is 12.8 Å². The van der Waals surface area contributed by atoms with E-state index < -0.39 is 5.97 Å². The summed E-state index contributed by atoms with van der Waals surface area (Å²) in [6.07, 6.45) is 3.60. The van der Waals surface area contributed by atoms with Gasteiger partial charge in [0.1, 0.15) is 5.82 Å². The molecule has 0 radical (unpaired) electrons. The molecule has 0 unspecified atom stereocenters. The molecule has 0 aliphatic rings. The van der Waals surface area contributed by atoms with E-state index in [0.29, 0.717) is 36.2 Å². The predicted octanol–water partition coefficient (Wildman–Crippen LogP) is 1.50. The van der Waals surface area contributed by atoms with Gasteiger partial charge in [0.05, 0.1) is 17.0 Å². The average Bonchev–Trinajstić information content (AvgIpc) is 2.64. The van der Waals surface area contributed by atoms with E-state index >= 15 is 0 Å². The van der Waals surface area contributed by atoms with Gasteiger partial charge in [-0.3, -0.25) is 14.6 Å². The van der Waals surface area contributed by atoms with E-state index in [0.717, 1.165) is 0 Å². The number of aromatic carboxylic acids is 1. The van der Waals surface area contributed by atoms with Crippen molar-refractivity contribution in [2.75, 3.05) is 29.2 Å². The molecule has 28 heavy (non-hydrogen) atoms. The Morgan fingerprint density at radius 2 is 2.07 bits per heavy atom. The number of anilines is 3. The summed E-state index contributed by atoms with van der Waals surface area (Å²) in [6.45, 7) is 0.474. The molecule has 0 spiro atoms. The van der Waals surface area contributed by atoms with Gasteiger partial charge in [-0.25, -0.2) is 4.79 Å². The van der Waals surface area contributed by atoms with Crippen molar-refractivity contribution in [3.8, 4) is 0 Å². The van der Waals surface area contributed by atoms with Crippen molar-refractivity contribution in [1.82, 2.24) is 9.97 Å². The molecule has 148 valence electrons. The van der Waals surface area contributed by atoms with Crippen LogP contribution in [0.1, 0.15) is 27.9 Å². The molecule has 0 aliphatic heterocycles. The molecule has 0 saturated carbocycles. The predicted molar refractivity (Wildman–Crippen MR) is 109 cm³/mol. The topological polar surface area (TPSA) is 164 Å². The van der Waals surface area contributed by atoms with Gasteiger partial charge in [0.2, 0.25) is 5.95 Å². The number of halogens is 1. The van der Waals surface area contributed by atoms with Crippen LogP contribution in [0.3, 0.4) is 0 Å². The van der Waals surface area contributed by atoms with E-state index in [1.807, 2.05) is 0 Å². The smallest absolute Gasteiger partial charge is 0.336 e. The van der Waals surface area contributed by atoms with Crippen LogP contribution < -0.4 is 22.3 Å². The lowest BCUT2D eigenvalue weighted by molar-refractivity contribution is -0.112. The number of rotatable bonds is 9. The number of ketones is 1. The number of nitrogen functional groups attached to an aromatic ring is 2. The van der Waals surface area contributed by atoms with Crippen LogP contribution in [0, 0.1) is 0 Å². The Morgan fingerprint density at radius 3 is 2.71 bits per heavy atom. The summed E-state index contributed by atoms with van der Waals surface area (Å²) < 4.78 is 0. The monoisotopic (exact) mass is 405 g/mol. The number of H-pyrrole nitrogens is 1. The Labute approximate surface area is 165 Å². The summed E-state index contributed by atoms with van der Waals surface area (Å²) in [5, 5.41) is 12.5. The molecular weight excluding hydrogens is 386 g/mol. The number of allylic oxidation sites excluding steroid dienone is 1. The molecule has 9 nitrogen and oxygen atoms in total. The number of carbonyl (C=O) groups is 2. The number of nitrogens with zero attached hydrogens (tertiary/aromatic N) is 1. The molecule has 0 atom stereocenters. The van der Waals surface area contributed by atoms with Gasteiger partial charge in [0.15, 0.2) is 5.78 Å². The number of carboxylic acid groups (broad SMARTS) is 1. The molecule has 1 aromatic carbocycles. The zero-order valence-corrected chi connectivity index (χ0v) is 15.6. The summed E-state index contributed by atoms with van der Waals surface area (Å²) >= 11 is 5.42. The molecule has 2 rings (SSSR count). The first-order valence-corrected chi connectivity index (χ1v) is 8.87. The van der Waals surface area contributed by atoms with Crippen LogP contribution in [0.5, 0.6) is 0 Å². The Hall–Kier alpha value is -3.33. The van der Waals surface area contributed by atoms with Gasteiger partial charge >= 0.3 is 5.97 Å². The van der Waals surface area contributed by atoms with E-state index in [1.54, 1.807) is 12.1 Å². The van der Waals surface area contributed by atoms with Crippen molar-refractivity contribution < 1.29 is 14.7 Å². The van der Waals surface area contributed by atoms with Gasteiger partial charge in [0, 0.05) is 12.2 Å². The van der Waals surface area contributed by atoms with Gasteiger partial charge in [0.25, 0.3) is 5.56 Å². The van der Waals surface area contributed by atoms with Gasteiger partial charge < -0.3 is 21.9 Å². The van der Waals surface area contributed by atoms with E-state index in [-0.39, 0.29) is 34.6 Å². The minimum atomic E-state index is -1.12. The lowest BCUT2D eigenvalue weighted by Gasteiger charge is -2.10. The van der Waals surface area contributed by atoms with Crippen LogP contribution in [-0.4, -0.2) is 39.3 Å². The Balaban J connectivity index is 2.02. The number of carboxylic acids is 1. The number of nitrogens with two attached hydrogens (primary N) is 2. The summed E-state index contributed by atoms with van der Waals surface area (Å²) in [7, 11) is 0. The number of carbonyl (C=O) groups excluding carboxylic acids is 1. The molecule has 10 heteroatoms. The minimum absolute atomic E-state index is 0.0348. The number of nitrogens with one attached hydrogen (secondary N) is 2. The van der Waals surface area contributed by atoms with Crippen LogP contribution in [0.2, 0.25) is 0 Å². The third-order valence-electron chi connectivity index (χ3n) is 3.86. The second-order valence-electron chi connectivity index (χ2n) is 5.89. The Kier molecular flexibility index (Phi) is 7.16. The number of aromatic amines is 1. The van der Waals surface area contributed by atoms with Crippen molar-refractivity contribution in [3.05, 3.63) is 51.3 Å². The largest absolute Gasteiger partial charge is 0.478 e. The highest BCUT2D eigenvalue weighted by atomic mass is 35.5. The quantitative estimate of drug-likeness (QED) is 0.238. The second kappa shape index (κ2) is 9.56. The zero-order valence-electron chi connectivity index (χ0n) is 14.9. The number of aromatic nitrogens is 2. The fourth-order valence-corrected chi connectivity index (χ4v) is 2.59. The third kappa shape index (κ3) is 5.58. The third-order valence-corrected chi connectivity index (χ3v) is 4.13. The summed E-state index contributed by atoms with van der Waals surface area (Å²) in [5.74, 6) is -1.54. The van der Waals surface area contributed by atoms with Gasteiger partial charge in [-0.1, -0.05) is 12.1 Å². The fourth-order valence-electron chi connectivity index (χ4n) is 2.50. The minimum Gasteiger partial charge on any atom is -0.478 e. The normalized spacial score (nSPS) is 10.9. The molecular formula is C18H20ClN5O4. The van der Waals surface area contributed by atoms with Crippen molar-refractivity contribution in [2.24, 2.45) is 0 Å². The SMILES string of the molecule is Nc1nc(N)c(CCCNc2ccc(C=CC(=O)CCl)c(C(=O)O)c2)c(=O)[nH]1. The van der Waals surface area contributed by atoms with Gasteiger partial charge in [-0.15, -0.1) is 11.6 Å². The first-order valence-electron chi connectivity index (χ1n) is 8.34. The summed E-state index contributed by atoms with van der Waals surface area (Å²) in [6, 6.07) is 4.76. The lowest BCUT2D eigenvalue weighted by Crippen LogP contribution is -2.20. The number of alkyl halides is 1. The van der Waals surface area contributed by atoms with Crippen molar-refractivity contribution in [1.29, 1.82) is 0 Å². The van der Waals surface area contributed by atoms with Crippen LogP contribution in [0.15, 0.2) is 29.1 Å². The highest BCUT2D eigenvalue weighted by molar-refractivity contribution is 6.29. The standard InChI is InChI=1S/C18H20ClN5O4/c19-9-12(25)6-4-10-3-5-11(8-14(10)17(27)28)22-7-1-2-13-15(20)23-18(21)24-16(13)26/h3-6,8,22H,1-2,7,9H2,(H,27,28)(H5,20,21,23,24,26). The first kappa shape index (κ1) is 21.0. The Morgan fingerprint density at radius 1 is 1.32 bits per heavy atom. The van der Waals surface area contributed by atoms with Crippen LogP contribution in [-0.2, 0) is 11.2 Å².